The van der Waals surface area contributed by atoms with Gasteiger partial charge in [-0.15, -0.1) is 0 Å². The van der Waals surface area contributed by atoms with Crippen LogP contribution in [0.2, 0.25) is 0 Å². The predicted octanol–water partition coefficient (Wildman–Crippen LogP) is 4.66. The lowest BCUT2D eigenvalue weighted by atomic mass is 10.1. The molecule has 0 amide bonds. The molecule has 0 saturated heterocycles. The number of hydrogen-bond donors (Lipinski definition) is 1. The first-order chi connectivity index (χ1) is 8.62. The van der Waals surface area contributed by atoms with Crippen molar-refractivity contribution in [1.29, 1.82) is 0 Å². The van der Waals surface area contributed by atoms with Gasteiger partial charge < -0.3 is 4.89 Å². The molecule has 1 unspecified atom stereocenters. The average Bonchev–Trinajstić information content (AvgIpc) is 2.33. The fourth-order valence-corrected chi connectivity index (χ4v) is 2.53. The Morgan fingerprint density at radius 3 is 2.00 bits per heavy atom. The average molecular weight is 345 g/mol. The summed E-state index contributed by atoms with van der Waals surface area (Å²) in [5.41, 5.74) is 0. The van der Waals surface area contributed by atoms with Crippen LogP contribution in [0.3, 0.4) is 0 Å². The van der Waals surface area contributed by atoms with E-state index in [9.17, 15) is 9.46 Å². The van der Waals surface area contributed by atoms with E-state index in [4.69, 9.17) is 9.05 Å². The van der Waals surface area contributed by atoms with Crippen LogP contribution in [0.5, 0.6) is 0 Å². The molecular formula is C12H26BrO4P. The number of alkyl halides is 1. The molecule has 0 aliphatic heterocycles. The van der Waals surface area contributed by atoms with Crippen molar-refractivity contribution in [3.63, 3.8) is 0 Å². The largest absolute Gasteiger partial charge is 0.472 e. The lowest BCUT2D eigenvalue weighted by Gasteiger charge is -2.11. The molecule has 0 saturated carbocycles. The third-order valence-electron chi connectivity index (χ3n) is 2.53. The third kappa shape index (κ3) is 13.0. The van der Waals surface area contributed by atoms with Crippen molar-refractivity contribution in [3.8, 4) is 0 Å². The van der Waals surface area contributed by atoms with E-state index in [1.54, 1.807) is 0 Å². The third-order valence-corrected chi connectivity index (χ3v) is 4.11. The van der Waals surface area contributed by atoms with Crippen LogP contribution in [0, 0.1) is 0 Å². The van der Waals surface area contributed by atoms with Gasteiger partial charge in [0.05, 0.1) is 13.2 Å². The Bertz CT molecular complexity index is 226. The molecule has 4 nitrogen and oxygen atoms in total. The summed E-state index contributed by atoms with van der Waals surface area (Å²) in [7, 11) is -3.81. The van der Waals surface area contributed by atoms with E-state index in [-0.39, 0.29) is 6.61 Å². The van der Waals surface area contributed by atoms with E-state index >= 15 is 0 Å². The molecule has 0 aromatic heterocycles. The minimum absolute atomic E-state index is 0.246. The van der Waals surface area contributed by atoms with E-state index in [1.807, 2.05) is 0 Å². The summed E-state index contributed by atoms with van der Waals surface area (Å²) in [6.07, 6.45) is 8.81. The van der Waals surface area contributed by atoms with Crippen LogP contribution in [-0.2, 0) is 13.6 Å². The predicted molar refractivity (Wildman–Crippen MR) is 78.1 cm³/mol. The Morgan fingerprint density at radius 2 is 1.44 bits per heavy atom. The van der Waals surface area contributed by atoms with Gasteiger partial charge in [-0.3, -0.25) is 9.05 Å². The highest BCUT2D eigenvalue weighted by atomic mass is 79.9. The van der Waals surface area contributed by atoms with Gasteiger partial charge in [0.2, 0.25) is 0 Å². The van der Waals surface area contributed by atoms with Crippen molar-refractivity contribution in [2.75, 3.05) is 18.5 Å². The zero-order valence-electron chi connectivity index (χ0n) is 11.3. The molecule has 0 spiro atoms. The van der Waals surface area contributed by atoms with E-state index in [0.29, 0.717) is 13.0 Å². The van der Waals surface area contributed by atoms with Crippen molar-refractivity contribution >= 4 is 23.8 Å². The zero-order chi connectivity index (χ0) is 13.7. The van der Waals surface area contributed by atoms with E-state index in [2.05, 4.69) is 22.9 Å². The molecule has 0 aromatic carbocycles. The van der Waals surface area contributed by atoms with Crippen molar-refractivity contribution in [1.82, 2.24) is 0 Å². The number of halogens is 1. The summed E-state index contributed by atoms with van der Waals surface area (Å²) in [5, 5.41) is 0.755. The van der Waals surface area contributed by atoms with Gasteiger partial charge in [-0.05, 0) is 12.8 Å². The Labute approximate surface area is 119 Å². The van der Waals surface area contributed by atoms with Gasteiger partial charge in [-0.2, -0.15) is 0 Å². The van der Waals surface area contributed by atoms with Gasteiger partial charge in [-0.25, -0.2) is 4.57 Å². The normalized spacial score (nSPS) is 14.6. The van der Waals surface area contributed by atoms with E-state index in [1.165, 1.54) is 32.1 Å². The Balaban J connectivity index is 3.33. The van der Waals surface area contributed by atoms with Crippen LogP contribution in [0.15, 0.2) is 0 Å². The monoisotopic (exact) mass is 344 g/mol. The van der Waals surface area contributed by atoms with Crippen LogP contribution in [-0.4, -0.2) is 23.4 Å². The summed E-state index contributed by atoms with van der Waals surface area (Å²) in [6.45, 7) is 2.74. The molecule has 0 aliphatic rings. The van der Waals surface area contributed by atoms with Crippen molar-refractivity contribution in [2.24, 2.45) is 0 Å². The maximum absolute atomic E-state index is 11.4. The molecule has 0 heterocycles. The van der Waals surface area contributed by atoms with Crippen molar-refractivity contribution in [2.45, 2.75) is 58.3 Å². The Morgan fingerprint density at radius 1 is 0.944 bits per heavy atom. The first-order valence-corrected chi connectivity index (χ1v) is 9.42. The standard InChI is InChI=1S/C12H26BrO4P/c1-2-3-4-5-6-7-8-11-16-18(14,15)17-12-9-10-13/h2-12H2,1H3,(H,14,15). The molecule has 0 aromatic rings. The number of phosphoric acid groups is 1. The van der Waals surface area contributed by atoms with Crippen molar-refractivity contribution < 1.29 is 18.5 Å². The maximum Gasteiger partial charge on any atom is 0.472 e. The molecule has 0 fully saturated rings. The summed E-state index contributed by atoms with van der Waals surface area (Å²) in [4.78, 5) is 9.31. The minimum atomic E-state index is -3.81. The van der Waals surface area contributed by atoms with E-state index in [0.717, 1.165) is 18.2 Å². The quantitative estimate of drug-likeness (QED) is 0.300. The van der Waals surface area contributed by atoms with E-state index < -0.39 is 7.82 Å². The minimum Gasteiger partial charge on any atom is -0.302 e. The number of rotatable bonds is 13. The topological polar surface area (TPSA) is 55.8 Å². The second kappa shape index (κ2) is 12.6. The summed E-state index contributed by atoms with van der Waals surface area (Å²) >= 11 is 3.22. The highest BCUT2D eigenvalue weighted by Gasteiger charge is 2.19. The van der Waals surface area contributed by atoms with Gasteiger partial charge in [0.25, 0.3) is 0 Å². The highest BCUT2D eigenvalue weighted by molar-refractivity contribution is 9.09. The van der Waals surface area contributed by atoms with Crippen LogP contribution in [0.25, 0.3) is 0 Å². The Kier molecular flexibility index (Phi) is 13.0. The maximum atomic E-state index is 11.4. The molecule has 1 atom stereocenters. The first kappa shape index (κ1) is 18.6. The smallest absolute Gasteiger partial charge is 0.302 e. The molecule has 18 heavy (non-hydrogen) atoms. The molecule has 0 radical (unpaired) electrons. The van der Waals surface area contributed by atoms with Gasteiger partial charge in [0.1, 0.15) is 0 Å². The van der Waals surface area contributed by atoms with Crippen LogP contribution in [0.4, 0.5) is 0 Å². The first-order valence-electron chi connectivity index (χ1n) is 6.80. The fourth-order valence-electron chi connectivity index (χ4n) is 1.51. The number of hydrogen-bond acceptors (Lipinski definition) is 3. The number of phosphoric ester groups is 1. The molecule has 0 bridgehead atoms. The fraction of sp³-hybridized carbons (Fsp3) is 1.00. The molecule has 1 N–H and O–H groups in total. The molecule has 0 aliphatic carbocycles. The van der Waals surface area contributed by atoms with Gasteiger partial charge in [0, 0.05) is 5.33 Å². The lowest BCUT2D eigenvalue weighted by Crippen LogP contribution is -1.99. The molecule has 0 rings (SSSR count). The van der Waals surface area contributed by atoms with Gasteiger partial charge in [0.15, 0.2) is 0 Å². The van der Waals surface area contributed by atoms with Crippen LogP contribution >= 0.6 is 23.8 Å². The summed E-state index contributed by atoms with van der Waals surface area (Å²) < 4.78 is 21.0. The molecule has 6 heteroatoms. The SMILES string of the molecule is CCCCCCCCCOP(=O)(O)OCCCBr. The van der Waals surface area contributed by atoms with Crippen LogP contribution in [0.1, 0.15) is 58.3 Å². The summed E-state index contributed by atoms with van der Waals surface area (Å²) in [5.74, 6) is 0. The Hall–Kier alpha value is 0.590. The van der Waals surface area contributed by atoms with Gasteiger partial charge >= 0.3 is 7.82 Å². The molecule has 110 valence electrons. The lowest BCUT2D eigenvalue weighted by molar-refractivity contribution is 0.148. The second-order valence-electron chi connectivity index (χ2n) is 4.30. The van der Waals surface area contributed by atoms with Crippen molar-refractivity contribution in [3.05, 3.63) is 0 Å². The van der Waals surface area contributed by atoms with Crippen LogP contribution < -0.4 is 0 Å². The zero-order valence-corrected chi connectivity index (χ0v) is 13.8. The number of unbranched alkanes of at least 4 members (excludes halogenated alkanes) is 6. The second-order valence-corrected chi connectivity index (χ2v) is 6.55. The molecular weight excluding hydrogens is 319 g/mol. The van der Waals surface area contributed by atoms with Gasteiger partial charge in [-0.1, -0.05) is 61.4 Å². The highest BCUT2D eigenvalue weighted by Crippen LogP contribution is 2.43. The summed E-state index contributed by atoms with van der Waals surface area (Å²) in [6, 6.07) is 0.